The van der Waals surface area contributed by atoms with Crippen molar-refractivity contribution < 1.29 is 23.7 Å². The number of hydrogen-bond donors (Lipinski definition) is 0. The van der Waals surface area contributed by atoms with Crippen LogP contribution in [0.25, 0.3) is 0 Å². The lowest BCUT2D eigenvalue weighted by Crippen LogP contribution is -2.09. The summed E-state index contributed by atoms with van der Waals surface area (Å²) in [5.74, 6) is 2.44. The van der Waals surface area contributed by atoms with Crippen LogP contribution in [-0.4, -0.2) is 33.9 Å². The maximum Gasteiger partial charge on any atom is 0.307 e. The van der Waals surface area contributed by atoms with Gasteiger partial charge >= 0.3 is 5.97 Å². The normalized spacial score (nSPS) is 11.6. The Morgan fingerprint density at radius 1 is 1.04 bits per heavy atom. The van der Waals surface area contributed by atoms with Crippen molar-refractivity contribution in [1.82, 2.24) is 0 Å². The molecule has 7 heteroatoms. The number of rotatable bonds is 10. The Morgan fingerprint density at radius 3 is 2.14 bits per heavy atom. The van der Waals surface area contributed by atoms with E-state index in [1.807, 2.05) is 43.3 Å². The largest absolute Gasteiger partial charge is 0.496 e. The highest BCUT2D eigenvalue weighted by Crippen LogP contribution is 2.41. The van der Waals surface area contributed by atoms with Gasteiger partial charge in [0.05, 0.1) is 34.4 Å². The molecule has 0 aromatic heterocycles. The molecule has 152 valence electrons. The summed E-state index contributed by atoms with van der Waals surface area (Å²) in [4.78, 5) is 12.1. The monoisotopic (exact) mass is 468 g/mol. The predicted molar refractivity (Wildman–Crippen MR) is 116 cm³/mol. The first-order valence-electron chi connectivity index (χ1n) is 8.83. The van der Waals surface area contributed by atoms with E-state index in [4.69, 9.17) is 18.9 Å². The summed E-state index contributed by atoms with van der Waals surface area (Å²) in [5, 5.41) is -0.0522. The Balaban J connectivity index is 2.27. The van der Waals surface area contributed by atoms with Gasteiger partial charge in [-0.3, -0.25) is 4.79 Å². The molecule has 0 bridgehead atoms. The highest BCUT2D eigenvalue weighted by Gasteiger charge is 2.21. The van der Waals surface area contributed by atoms with Crippen molar-refractivity contribution >= 4 is 33.7 Å². The molecule has 0 fully saturated rings. The molecule has 2 aromatic carbocycles. The predicted octanol–water partition coefficient (Wildman–Crippen LogP) is 5.40. The van der Waals surface area contributed by atoms with Crippen LogP contribution in [0.4, 0.5) is 0 Å². The fourth-order valence-corrected chi connectivity index (χ4v) is 4.25. The Hall–Kier alpha value is -1.86. The van der Waals surface area contributed by atoms with E-state index in [0.29, 0.717) is 36.0 Å². The van der Waals surface area contributed by atoms with Crippen LogP contribution in [0.1, 0.15) is 29.7 Å². The summed E-state index contributed by atoms with van der Waals surface area (Å²) in [6.07, 6.45) is 0.293. The third-order valence-electron chi connectivity index (χ3n) is 4.15. The minimum Gasteiger partial charge on any atom is -0.496 e. The van der Waals surface area contributed by atoms with Crippen molar-refractivity contribution in [1.29, 1.82) is 0 Å². The number of carbonyl (C=O) groups excluding carboxylic acids is 1. The van der Waals surface area contributed by atoms with E-state index in [1.54, 1.807) is 33.1 Å². The van der Waals surface area contributed by atoms with Crippen LogP contribution in [0.2, 0.25) is 0 Å². The minimum atomic E-state index is -0.212. The van der Waals surface area contributed by atoms with Crippen molar-refractivity contribution in [2.75, 3.05) is 27.9 Å². The van der Waals surface area contributed by atoms with E-state index in [1.165, 1.54) is 0 Å². The summed E-state index contributed by atoms with van der Waals surface area (Å²) >= 11 is 5.10. The fourth-order valence-electron chi connectivity index (χ4n) is 2.73. The second kappa shape index (κ2) is 11.2. The highest BCUT2D eigenvalue weighted by atomic mass is 79.9. The van der Waals surface area contributed by atoms with E-state index in [9.17, 15) is 4.79 Å². The Labute approximate surface area is 178 Å². The van der Waals surface area contributed by atoms with Gasteiger partial charge in [0.25, 0.3) is 0 Å². The van der Waals surface area contributed by atoms with E-state index < -0.39 is 0 Å². The first-order valence-corrected chi connectivity index (χ1v) is 10.7. The van der Waals surface area contributed by atoms with E-state index in [0.717, 1.165) is 15.6 Å². The van der Waals surface area contributed by atoms with Crippen LogP contribution in [-0.2, 0) is 15.3 Å². The summed E-state index contributed by atoms with van der Waals surface area (Å²) in [5.41, 5.74) is 1.98. The van der Waals surface area contributed by atoms with Crippen LogP contribution in [0.3, 0.4) is 0 Å². The molecule has 0 aliphatic heterocycles. The molecule has 0 saturated carbocycles. The number of carbonyl (C=O) groups is 1. The smallest absolute Gasteiger partial charge is 0.307 e. The first-order chi connectivity index (χ1) is 13.5. The van der Waals surface area contributed by atoms with Crippen molar-refractivity contribution in [2.24, 2.45) is 0 Å². The van der Waals surface area contributed by atoms with E-state index in [-0.39, 0.29) is 11.2 Å². The van der Waals surface area contributed by atoms with Crippen LogP contribution >= 0.6 is 27.7 Å². The van der Waals surface area contributed by atoms with Gasteiger partial charge in [-0.25, -0.2) is 0 Å². The molecule has 0 amide bonds. The number of esters is 1. The van der Waals surface area contributed by atoms with Gasteiger partial charge < -0.3 is 18.9 Å². The van der Waals surface area contributed by atoms with Crippen molar-refractivity contribution in [2.45, 2.75) is 24.3 Å². The molecule has 1 unspecified atom stereocenters. The number of thioether (sulfide) groups is 1. The minimum absolute atomic E-state index is 0.0522. The standard InChI is InChI=1S/C21H25BrO5S/c1-5-27-21(23)12-20(14-6-8-15(22)9-7-14)28-13-17-18(25-3)10-16(24-2)11-19(17)26-4/h6-11,20H,5,12-13H2,1-4H3. The highest BCUT2D eigenvalue weighted by molar-refractivity contribution is 9.10. The molecular weight excluding hydrogens is 444 g/mol. The lowest BCUT2D eigenvalue weighted by molar-refractivity contribution is -0.143. The summed E-state index contributed by atoms with van der Waals surface area (Å²) in [7, 11) is 4.84. The molecule has 0 aliphatic rings. The van der Waals surface area contributed by atoms with E-state index >= 15 is 0 Å². The molecular formula is C21H25BrO5S. The fraction of sp³-hybridized carbons (Fsp3) is 0.381. The molecule has 0 N–H and O–H groups in total. The molecule has 0 radical (unpaired) electrons. The number of methoxy groups -OCH3 is 3. The number of ether oxygens (including phenoxy) is 4. The van der Waals surface area contributed by atoms with Crippen molar-refractivity contribution in [3.8, 4) is 17.2 Å². The summed E-state index contributed by atoms with van der Waals surface area (Å²) in [6, 6.07) is 11.6. The van der Waals surface area contributed by atoms with Crippen LogP contribution in [0.5, 0.6) is 17.2 Å². The zero-order valence-corrected chi connectivity index (χ0v) is 18.9. The Morgan fingerprint density at radius 2 is 1.64 bits per heavy atom. The van der Waals surface area contributed by atoms with Crippen LogP contribution < -0.4 is 14.2 Å². The van der Waals surface area contributed by atoms with Gasteiger partial charge in [0.2, 0.25) is 0 Å². The molecule has 1 atom stereocenters. The lowest BCUT2D eigenvalue weighted by atomic mass is 10.1. The average molecular weight is 469 g/mol. The number of benzene rings is 2. The van der Waals surface area contributed by atoms with Crippen LogP contribution in [0.15, 0.2) is 40.9 Å². The Kier molecular flexibility index (Phi) is 8.99. The molecule has 2 rings (SSSR count). The maximum atomic E-state index is 12.1. The lowest BCUT2D eigenvalue weighted by Gasteiger charge is -2.19. The van der Waals surface area contributed by atoms with Gasteiger partial charge in [-0.1, -0.05) is 28.1 Å². The van der Waals surface area contributed by atoms with Gasteiger partial charge in [-0.05, 0) is 24.6 Å². The molecule has 0 aliphatic carbocycles. The van der Waals surface area contributed by atoms with Crippen LogP contribution in [0, 0.1) is 0 Å². The topological polar surface area (TPSA) is 54.0 Å². The molecule has 28 heavy (non-hydrogen) atoms. The summed E-state index contributed by atoms with van der Waals surface area (Å²) < 4.78 is 22.5. The number of hydrogen-bond acceptors (Lipinski definition) is 6. The average Bonchev–Trinajstić information content (AvgIpc) is 2.71. The van der Waals surface area contributed by atoms with E-state index in [2.05, 4.69) is 15.9 Å². The molecule has 5 nitrogen and oxygen atoms in total. The summed E-state index contributed by atoms with van der Waals surface area (Å²) in [6.45, 7) is 2.18. The second-order valence-electron chi connectivity index (χ2n) is 5.87. The van der Waals surface area contributed by atoms with Gasteiger partial charge in [-0.15, -0.1) is 11.8 Å². The van der Waals surface area contributed by atoms with Crippen molar-refractivity contribution in [3.05, 3.63) is 52.0 Å². The third kappa shape index (κ3) is 6.07. The molecule has 0 saturated heterocycles. The molecule has 0 heterocycles. The van der Waals surface area contributed by atoms with Gasteiger partial charge in [0, 0.05) is 33.2 Å². The third-order valence-corrected chi connectivity index (χ3v) is 5.97. The zero-order chi connectivity index (χ0) is 20.5. The Bertz CT molecular complexity index is 754. The molecule has 0 spiro atoms. The SMILES string of the molecule is CCOC(=O)CC(SCc1c(OC)cc(OC)cc1OC)c1ccc(Br)cc1. The maximum absolute atomic E-state index is 12.1. The van der Waals surface area contributed by atoms with Gasteiger partial charge in [0.1, 0.15) is 17.2 Å². The van der Waals surface area contributed by atoms with Gasteiger partial charge in [0.15, 0.2) is 0 Å². The quantitative estimate of drug-likeness (QED) is 0.434. The second-order valence-corrected chi connectivity index (χ2v) is 7.98. The molecule has 2 aromatic rings. The van der Waals surface area contributed by atoms with Crippen molar-refractivity contribution in [3.63, 3.8) is 0 Å². The number of halogens is 1. The first kappa shape index (κ1) is 22.4. The van der Waals surface area contributed by atoms with Gasteiger partial charge in [-0.2, -0.15) is 0 Å². The zero-order valence-electron chi connectivity index (χ0n) is 16.5.